The van der Waals surface area contributed by atoms with Crippen LogP contribution in [0.25, 0.3) is 0 Å². The Bertz CT molecular complexity index is 693. The van der Waals surface area contributed by atoms with Gasteiger partial charge in [0, 0.05) is 5.92 Å². The van der Waals surface area contributed by atoms with E-state index >= 15 is 0 Å². The van der Waals surface area contributed by atoms with E-state index in [2.05, 4.69) is 20.4 Å². The number of amides is 1. The van der Waals surface area contributed by atoms with Crippen LogP contribution in [0, 0.1) is 12.8 Å². The van der Waals surface area contributed by atoms with Crippen LogP contribution in [0.3, 0.4) is 0 Å². The van der Waals surface area contributed by atoms with Gasteiger partial charge in [-0.25, -0.2) is 0 Å². The van der Waals surface area contributed by atoms with E-state index in [1.54, 1.807) is 14.0 Å². The van der Waals surface area contributed by atoms with Crippen molar-refractivity contribution in [3.05, 3.63) is 36.0 Å². The van der Waals surface area contributed by atoms with Crippen molar-refractivity contribution in [2.75, 3.05) is 25.5 Å². The Kier molecular flexibility index (Phi) is 5.10. The van der Waals surface area contributed by atoms with Gasteiger partial charge in [-0.2, -0.15) is 4.98 Å². The molecular formula is C17H22N4O3. The summed E-state index contributed by atoms with van der Waals surface area (Å²) in [6.45, 7) is 4.12. The molecule has 0 atom stereocenters. The van der Waals surface area contributed by atoms with Crippen LogP contribution in [0.15, 0.2) is 28.8 Å². The number of nitrogens with one attached hydrogen (secondary N) is 1. The Morgan fingerprint density at radius 3 is 2.79 bits per heavy atom. The lowest BCUT2D eigenvalue weighted by atomic mass is 9.96. The van der Waals surface area contributed by atoms with Crippen molar-refractivity contribution in [1.29, 1.82) is 0 Å². The number of likely N-dealkylation sites (tertiary alicyclic amines) is 1. The standard InChI is InChI=1S/C17H22N4O3/c1-12-18-16(24-20-12)11-21-9-7-13(8-10-21)17(22)19-14-5-3-4-6-15(14)23-2/h3-6,13H,7-11H2,1-2H3,(H,19,22). The summed E-state index contributed by atoms with van der Waals surface area (Å²) in [5.41, 5.74) is 0.716. The number of hydrogen-bond donors (Lipinski definition) is 1. The highest BCUT2D eigenvalue weighted by molar-refractivity contribution is 5.94. The lowest BCUT2D eigenvalue weighted by molar-refractivity contribution is -0.121. The summed E-state index contributed by atoms with van der Waals surface area (Å²) in [6, 6.07) is 7.45. The van der Waals surface area contributed by atoms with Gasteiger partial charge in [0.1, 0.15) is 5.75 Å². The molecule has 1 aliphatic heterocycles. The molecule has 0 radical (unpaired) electrons. The molecule has 7 nitrogen and oxygen atoms in total. The Morgan fingerprint density at radius 1 is 1.38 bits per heavy atom. The fourth-order valence-electron chi connectivity index (χ4n) is 2.93. The molecule has 128 valence electrons. The van der Waals surface area contributed by atoms with E-state index in [1.807, 2.05) is 24.3 Å². The topological polar surface area (TPSA) is 80.5 Å². The second kappa shape index (κ2) is 7.44. The van der Waals surface area contributed by atoms with Gasteiger partial charge < -0.3 is 14.6 Å². The summed E-state index contributed by atoms with van der Waals surface area (Å²) in [4.78, 5) is 18.9. The van der Waals surface area contributed by atoms with E-state index in [9.17, 15) is 4.79 Å². The third-order valence-corrected chi connectivity index (χ3v) is 4.25. The van der Waals surface area contributed by atoms with Crippen molar-refractivity contribution in [3.8, 4) is 5.75 Å². The van der Waals surface area contributed by atoms with Gasteiger partial charge in [-0.15, -0.1) is 0 Å². The van der Waals surface area contributed by atoms with E-state index in [0.717, 1.165) is 25.9 Å². The predicted molar refractivity (Wildman–Crippen MR) is 88.7 cm³/mol. The zero-order valence-corrected chi connectivity index (χ0v) is 14.0. The van der Waals surface area contributed by atoms with Crippen molar-refractivity contribution in [2.24, 2.45) is 5.92 Å². The number of rotatable bonds is 5. The molecule has 0 aliphatic carbocycles. The van der Waals surface area contributed by atoms with Gasteiger partial charge >= 0.3 is 0 Å². The highest BCUT2D eigenvalue weighted by Crippen LogP contribution is 2.26. The van der Waals surface area contributed by atoms with Gasteiger partial charge in [-0.05, 0) is 45.0 Å². The number of ether oxygens (including phenoxy) is 1. The summed E-state index contributed by atoms with van der Waals surface area (Å²) in [5, 5.41) is 6.78. The second-order valence-electron chi connectivity index (χ2n) is 5.98. The summed E-state index contributed by atoms with van der Waals surface area (Å²) in [5.74, 6) is 2.01. The Labute approximate surface area is 141 Å². The number of piperidine rings is 1. The zero-order valence-electron chi connectivity index (χ0n) is 14.0. The minimum absolute atomic E-state index is 0.00980. The van der Waals surface area contributed by atoms with Gasteiger partial charge in [-0.3, -0.25) is 9.69 Å². The number of carbonyl (C=O) groups is 1. The van der Waals surface area contributed by atoms with E-state index < -0.39 is 0 Å². The minimum Gasteiger partial charge on any atom is -0.495 e. The number of benzene rings is 1. The van der Waals surface area contributed by atoms with Gasteiger partial charge in [0.2, 0.25) is 11.8 Å². The van der Waals surface area contributed by atoms with Crippen LogP contribution < -0.4 is 10.1 Å². The van der Waals surface area contributed by atoms with Crippen LogP contribution in [-0.2, 0) is 11.3 Å². The van der Waals surface area contributed by atoms with Crippen LogP contribution >= 0.6 is 0 Å². The molecule has 1 saturated heterocycles. The van der Waals surface area contributed by atoms with E-state index in [4.69, 9.17) is 9.26 Å². The fraction of sp³-hybridized carbons (Fsp3) is 0.471. The van der Waals surface area contributed by atoms with Crippen molar-refractivity contribution in [2.45, 2.75) is 26.3 Å². The Morgan fingerprint density at radius 2 is 2.12 bits per heavy atom. The van der Waals surface area contributed by atoms with E-state index in [1.165, 1.54) is 0 Å². The van der Waals surface area contributed by atoms with Crippen LogP contribution in [0.5, 0.6) is 5.75 Å². The molecule has 2 heterocycles. The molecule has 24 heavy (non-hydrogen) atoms. The van der Waals surface area contributed by atoms with Crippen molar-refractivity contribution in [3.63, 3.8) is 0 Å². The predicted octanol–water partition coefficient (Wildman–Crippen LogP) is 2.24. The number of aromatic nitrogens is 2. The van der Waals surface area contributed by atoms with Gasteiger partial charge in [0.25, 0.3) is 0 Å². The van der Waals surface area contributed by atoms with Crippen LogP contribution in [0.1, 0.15) is 24.6 Å². The van der Waals surface area contributed by atoms with Crippen molar-refractivity contribution in [1.82, 2.24) is 15.0 Å². The first-order valence-electron chi connectivity index (χ1n) is 8.11. The van der Waals surface area contributed by atoms with E-state index in [-0.39, 0.29) is 11.8 Å². The molecule has 0 spiro atoms. The molecule has 1 N–H and O–H groups in total. The number of methoxy groups -OCH3 is 1. The molecule has 1 fully saturated rings. The Hall–Kier alpha value is -2.41. The van der Waals surface area contributed by atoms with Crippen LogP contribution in [0.2, 0.25) is 0 Å². The third-order valence-electron chi connectivity index (χ3n) is 4.25. The van der Waals surface area contributed by atoms with Gasteiger partial charge in [0.05, 0.1) is 19.3 Å². The highest BCUT2D eigenvalue weighted by Gasteiger charge is 2.26. The summed E-state index contributed by atoms with van der Waals surface area (Å²) >= 11 is 0. The summed E-state index contributed by atoms with van der Waals surface area (Å²) in [7, 11) is 1.60. The molecular weight excluding hydrogens is 308 g/mol. The highest BCUT2D eigenvalue weighted by atomic mass is 16.5. The molecule has 7 heteroatoms. The summed E-state index contributed by atoms with van der Waals surface area (Å²) in [6.07, 6.45) is 1.63. The first kappa shape index (κ1) is 16.4. The minimum atomic E-state index is 0.00980. The molecule has 0 unspecified atom stereocenters. The fourth-order valence-corrected chi connectivity index (χ4v) is 2.93. The van der Waals surface area contributed by atoms with Crippen molar-refractivity contribution < 1.29 is 14.1 Å². The largest absolute Gasteiger partial charge is 0.495 e. The SMILES string of the molecule is COc1ccccc1NC(=O)C1CCN(Cc2nc(C)no2)CC1. The second-order valence-corrected chi connectivity index (χ2v) is 5.98. The monoisotopic (exact) mass is 330 g/mol. The van der Waals surface area contributed by atoms with Crippen LogP contribution in [0.4, 0.5) is 5.69 Å². The zero-order chi connectivity index (χ0) is 16.9. The number of hydrogen-bond acceptors (Lipinski definition) is 6. The number of para-hydroxylation sites is 2. The van der Waals surface area contributed by atoms with Gasteiger partial charge in [-0.1, -0.05) is 17.3 Å². The normalized spacial score (nSPS) is 16.1. The lowest BCUT2D eigenvalue weighted by Gasteiger charge is -2.30. The molecule has 1 aromatic heterocycles. The molecule has 0 bridgehead atoms. The number of nitrogens with zero attached hydrogens (tertiary/aromatic N) is 3. The smallest absolute Gasteiger partial charge is 0.240 e. The number of carbonyl (C=O) groups excluding carboxylic acids is 1. The molecule has 2 aromatic rings. The molecule has 1 aliphatic rings. The third kappa shape index (κ3) is 3.91. The first-order valence-corrected chi connectivity index (χ1v) is 8.11. The Balaban J connectivity index is 1.51. The lowest BCUT2D eigenvalue weighted by Crippen LogP contribution is -2.37. The molecule has 0 saturated carbocycles. The average molecular weight is 330 g/mol. The molecule has 3 rings (SSSR count). The number of anilines is 1. The maximum atomic E-state index is 12.5. The maximum absolute atomic E-state index is 12.5. The van der Waals surface area contributed by atoms with Crippen molar-refractivity contribution >= 4 is 11.6 Å². The number of aryl methyl sites for hydroxylation is 1. The maximum Gasteiger partial charge on any atom is 0.240 e. The average Bonchev–Trinajstić information content (AvgIpc) is 3.01. The molecule has 1 amide bonds. The van der Waals surface area contributed by atoms with Gasteiger partial charge in [0.15, 0.2) is 5.82 Å². The molecule has 1 aromatic carbocycles. The van der Waals surface area contributed by atoms with Crippen LogP contribution in [-0.4, -0.2) is 41.1 Å². The van der Waals surface area contributed by atoms with E-state index in [0.29, 0.717) is 29.7 Å². The summed E-state index contributed by atoms with van der Waals surface area (Å²) < 4.78 is 10.4. The quantitative estimate of drug-likeness (QED) is 0.905. The first-order chi connectivity index (χ1) is 11.7.